The maximum Gasteiger partial charge on any atom is 0.416 e. The molecule has 0 aliphatic carbocycles. The second kappa shape index (κ2) is 8.04. The van der Waals surface area contributed by atoms with Gasteiger partial charge in [0.2, 0.25) is 6.41 Å². The normalized spacial score (nSPS) is 12.7. The fourth-order valence-corrected chi connectivity index (χ4v) is 2.08. The molecule has 0 bridgehead atoms. The molecule has 1 unspecified atom stereocenters. The van der Waals surface area contributed by atoms with E-state index in [4.69, 9.17) is 10.5 Å². The lowest BCUT2D eigenvalue weighted by Crippen LogP contribution is -2.23. The van der Waals surface area contributed by atoms with Crippen molar-refractivity contribution in [3.05, 3.63) is 47.5 Å². The summed E-state index contributed by atoms with van der Waals surface area (Å²) < 4.78 is 43.0. The largest absolute Gasteiger partial charge is 0.416 e. The number of ether oxygens (including phenoxy) is 1. The quantitative estimate of drug-likeness (QED) is 0.570. The number of benzene rings is 1. The highest BCUT2D eigenvalue weighted by Crippen LogP contribution is 2.29. The molecule has 2 rings (SSSR count). The van der Waals surface area contributed by atoms with Gasteiger partial charge in [-0.2, -0.15) is 13.2 Å². The number of nitrogens with zero attached hydrogens (tertiary/aromatic N) is 1. The predicted molar refractivity (Wildman–Crippen MR) is 88.7 cm³/mol. The SMILES string of the molecule is CCOC(O)Nc1ccc(NCc2cccc(C(F)(F)F)c2)nc1N. The third kappa shape index (κ3) is 5.50. The lowest BCUT2D eigenvalue weighted by Gasteiger charge is -2.15. The Morgan fingerprint density at radius 2 is 2.04 bits per heavy atom. The summed E-state index contributed by atoms with van der Waals surface area (Å²) in [5.74, 6) is 0.513. The van der Waals surface area contributed by atoms with Crippen molar-refractivity contribution >= 4 is 17.3 Å². The molecule has 1 aromatic carbocycles. The Kier molecular flexibility index (Phi) is 6.05. The highest BCUT2D eigenvalue weighted by atomic mass is 19.4. The first-order valence-electron chi connectivity index (χ1n) is 7.52. The topological polar surface area (TPSA) is 92.4 Å². The van der Waals surface area contributed by atoms with E-state index in [1.165, 1.54) is 6.07 Å². The van der Waals surface area contributed by atoms with Gasteiger partial charge in [0.15, 0.2) is 0 Å². The molecule has 1 heterocycles. The average molecular weight is 356 g/mol. The molecule has 25 heavy (non-hydrogen) atoms. The first-order chi connectivity index (χ1) is 11.8. The molecule has 0 aliphatic heterocycles. The Balaban J connectivity index is 2.01. The van der Waals surface area contributed by atoms with E-state index in [2.05, 4.69) is 15.6 Å². The van der Waals surface area contributed by atoms with Crippen molar-refractivity contribution in [2.24, 2.45) is 0 Å². The van der Waals surface area contributed by atoms with Crippen LogP contribution in [-0.4, -0.2) is 23.1 Å². The van der Waals surface area contributed by atoms with Crippen LogP contribution in [0.3, 0.4) is 0 Å². The number of nitrogen functional groups attached to an aromatic ring is 1. The fraction of sp³-hybridized carbons (Fsp3) is 0.312. The van der Waals surface area contributed by atoms with Gasteiger partial charge in [0, 0.05) is 13.2 Å². The zero-order chi connectivity index (χ0) is 18.4. The first-order valence-corrected chi connectivity index (χ1v) is 7.52. The maximum absolute atomic E-state index is 12.7. The van der Waals surface area contributed by atoms with Crippen LogP contribution in [0.5, 0.6) is 0 Å². The number of anilines is 3. The molecule has 5 N–H and O–H groups in total. The van der Waals surface area contributed by atoms with E-state index in [-0.39, 0.29) is 12.4 Å². The minimum Gasteiger partial charge on any atom is -0.382 e. The molecule has 1 aromatic heterocycles. The number of nitrogens with two attached hydrogens (primary N) is 1. The number of alkyl halides is 3. The Labute approximate surface area is 142 Å². The van der Waals surface area contributed by atoms with Crippen molar-refractivity contribution in [1.82, 2.24) is 4.98 Å². The Hall–Kier alpha value is -2.52. The van der Waals surface area contributed by atoms with Crippen molar-refractivity contribution in [1.29, 1.82) is 0 Å². The molecule has 0 spiro atoms. The number of rotatable bonds is 7. The Morgan fingerprint density at radius 1 is 1.28 bits per heavy atom. The van der Waals surface area contributed by atoms with Gasteiger partial charge in [-0.1, -0.05) is 12.1 Å². The second-order valence-electron chi connectivity index (χ2n) is 5.13. The van der Waals surface area contributed by atoms with E-state index < -0.39 is 18.2 Å². The zero-order valence-corrected chi connectivity index (χ0v) is 13.5. The van der Waals surface area contributed by atoms with E-state index in [9.17, 15) is 18.3 Å². The molecule has 6 nitrogen and oxygen atoms in total. The van der Waals surface area contributed by atoms with E-state index in [1.54, 1.807) is 25.1 Å². The summed E-state index contributed by atoms with van der Waals surface area (Å²) in [4.78, 5) is 4.09. The number of hydrogen-bond acceptors (Lipinski definition) is 6. The number of pyridine rings is 1. The number of nitrogens with one attached hydrogen (secondary N) is 2. The molecule has 1 atom stereocenters. The highest BCUT2D eigenvalue weighted by Gasteiger charge is 2.30. The summed E-state index contributed by atoms with van der Waals surface area (Å²) in [5.41, 5.74) is 5.92. The molecule has 9 heteroatoms. The molecule has 0 amide bonds. The van der Waals surface area contributed by atoms with Gasteiger partial charge in [0.05, 0.1) is 11.3 Å². The minimum absolute atomic E-state index is 0.118. The molecular formula is C16H19F3N4O2. The average Bonchev–Trinajstić information content (AvgIpc) is 2.55. The van der Waals surface area contributed by atoms with Crippen molar-refractivity contribution < 1.29 is 23.0 Å². The molecule has 0 saturated carbocycles. The predicted octanol–water partition coefficient (Wildman–Crippen LogP) is 3.02. The number of hydrogen-bond donors (Lipinski definition) is 4. The van der Waals surface area contributed by atoms with Crippen molar-refractivity contribution in [2.75, 3.05) is 23.0 Å². The molecule has 0 saturated heterocycles. The van der Waals surface area contributed by atoms with Crippen LogP contribution in [0.2, 0.25) is 0 Å². The van der Waals surface area contributed by atoms with Gasteiger partial charge in [-0.3, -0.25) is 0 Å². The van der Waals surface area contributed by atoms with Crippen LogP contribution < -0.4 is 16.4 Å². The molecule has 2 aromatic rings. The zero-order valence-electron chi connectivity index (χ0n) is 13.5. The first kappa shape index (κ1) is 18.8. The third-order valence-electron chi connectivity index (χ3n) is 3.26. The number of halogens is 3. The van der Waals surface area contributed by atoms with Gasteiger partial charge >= 0.3 is 6.18 Å². The monoisotopic (exact) mass is 356 g/mol. The van der Waals surface area contributed by atoms with E-state index in [0.29, 0.717) is 23.7 Å². The van der Waals surface area contributed by atoms with Crippen LogP contribution in [0.25, 0.3) is 0 Å². The summed E-state index contributed by atoms with van der Waals surface area (Å²) in [5, 5.41) is 15.1. The highest BCUT2D eigenvalue weighted by molar-refractivity contribution is 5.64. The van der Waals surface area contributed by atoms with E-state index >= 15 is 0 Å². The van der Waals surface area contributed by atoms with Crippen LogP contribution in [-0.2, 0) is 17.5 Å². The Bertz CT molecular complexity index is 710. The smallest absolute Gasteiger partial charge is 0.382 e. The fourth-order valence-electron chi connectivity index (χ4n) is 2.08. The van der Waals surface area contributed by atoms with Crippen LogP contribution in [0.4, 0.5) is 30.5 Å². The molecule has 0 radical (unpaired) electrons. The summed E-state index contributed by atoms with van der Waals surface area (Å²) >= 11 is 0. The molecular weight excluding hydrogens is 337 g/mol. The second-order valence-corrected chi connectivity index (χ2v) is 5.13. The third-order valence-corrected chi connectivity index (χ3v) is 3.26. The van der Waals surface area contributed by atoms with Crippen LogP contribution in [0.1, 0.15) is 18.1 Å². The lowest BCUT2D eigenvalue weighted by molar-refractivity contribution is -0.137. The van der Waals surface area contributed by atoms with Gasteiger partial charge in [-0.15, -0.1) is 0 Å². The number of aliphatic hydroxyl groups is 1. The van der Waals surface area contributed by atoms with Crippen molar-refractivity contribution in [3.63, 3.8) is 0 Å². The van der Waals surface area contributed by atoms with E-state index in [1.807, 2.05) is 0 Å². The van der Waals surface area contributed by atoms with E-state index in [0.717, 1.165) is 12.1 Å². The molecule has 0 aliphatic rings. The van der Waals surface area contributed by atoms with Crippen LogP contribution >= 0.6 is 0 Å². The number of aliphatic hydroxyl groups excluding tert-OH is 1. The summed E-state index contributed by atoms with van der Waals surface area (Å²) in [6.07, 6.45) is -5.59. The van der Waals surface area contributed by atoms with Gasteiger partial charge < -0.3 is 26.2 Å². The van der Waals surface area contributed by atoms with Gasteiger partial charge in [-0.25, -0.2) is 4.98 Å². The lowest BCUT2D eigenvalue weighted by atomic mass is 10.1. The summed E-state index contributed by atoms with van der Waals surface area (Å²) in [6.45, 7) is 2.20. The summed E-state index contributed by atoms with van der Waals surface area (Å²) in [6, 6.07) is 8.20. The summed E-state index contributed by atoms with van der Waals surface area (Å²) in [7, 11) is 0. The van der Waals surface area contributed by atoms with Gasteiger partial charge in [0.25, 0.3) is 0 Å². The van der Waals surface area contributed by atoms with Crippen LogP contribution in [0, 0.1) is 0 Å². The standard InChI is InChI=1S/C16H19F3N4O2/c1-2-25-15(24)22-12-6-7-13(23-14(12)20)21-9-10-4-3-5-11(8-10)16(17,18)19/h3-8,15,22,24H,2,9H2,1H3,(H3,20,21,23). The van der Waals surface area contributed by atoms with Crippen LogP contribution in [0.15, 0.2) is 36.4 Å². The molecule has 0 fully saturated rings. The van der Waals surface area contributed by atoms with Crippen molar-refractivity contribution in [3.8, 4) is 0 Å². The Morgan fingerprint density at radius 3 is 2.68 bits per heavy atom. The van der Waals surface area contributed by atoms with Gasteiger partial charge in [0.1, 0.15) is 11.6 Å². The van der Waals surface area contributed by atoms with Crippen molar-refractivity contribution in [2.45, 2.75) is 26.1 Å². The maximum atomic E-state index is 12.7. The minimum atomic E-state index is -4.38. The molecule has 136 valence electrons. The number of aromatic nitrogens is 1. The van der Waals surface area contributed by atoms with Gasteiger partial charge in [-0.05, 0) is 36.8 Å².